The van der Waals surface area contributed by atoms with Gasteiger partial charge in [0.05, 0.1) is 17.0 Å². The summed E-state index contributed by atoms with van der Waals surface area (Å²) in [7, 11) is 0. The average molecular weight is 547 g/mol. The molecule has 2 heterocycles. The first-order valence-electron chi connectivity index (χ1n) is 12.5. The van der Waals surface area contributed by atoms with Crippen LogP contribution in [0.5, 0.6) is 5.75 Å². The van der Waals surface area contributed by atoms with Crippen LogP contribution in [0.4, 0.5) is 0 Å². The van der Waals surface area contributed by atoms with Crippen LogP contribution in [-0.4, -0.2) is 22.0 Å². The van der Waals surface area contributed by atoms with Gasteiger partial charge in [-0.15, -0.1) is 11.3 Å². The Labute approximate surface area is 227 Å². The molecule has 0 unspecified atom stereocenters. The first-order chi connectivity index (χ1) is 17.3. The molecule has 0 saturated heterocycles. The van der Waals surface area contributed by atoms with E-state index in [1.54, 1.807) is 18.2 Å². The van der Waals surface area contributed by atoms with Gasteiger partial charge in [0.2, 0.25) is 0 Å². The molecule has 1 amide bonds. The van der Waals surface area contributed by atoms with E-state index in [-0.39, 0.29) is 5.91 Å². The number of aromatic nitrogens is 2. The van der Waals surface area contributed by atoms with Gasteiger partial charge < -0.3 is 14.6 Å². The summed E-state index contributed by atoms with van der Waals surface area (Å²) >= 11 is 13.7. The molecular weight excluding hydrogens is 513 g/mol. The number of hydrogen-bond acceptors (Lipinski definition) is 4. The Bertz CT molecular complexity index is 1230. The van der Waals surface area contributed by atoms with E-state index in [0.29, 0.717) is 40.4 Å². The van der Waals surface area contributed by atoms with Gasteiger partial charge in [-0.05, 0) is 69.2 Å². The molecule has 1 aromatic carbocycles. The van der Waals surface area contributed by atoms with E-state index in [2.05, 4.69) is 29.8 Å². The molecule has 1 N–H and O–H groups in total. The second kappa shape index (κ2) is 12.3. The molecule has 0 radical (unpaired) electrons. The molecule has 2 aromatic heterocycles. The van der Waals surface area contributed by atoms with E-state index >= 15 is 0 Å². The number of nitrogens with one attached hydrogen (secondary N) is 1. The van der Waals surface area contributed by atoms with Gasteiger partial charge in [0.25, 0.3) is 5.91 Å². The van der Waals surface area contributed by atoms with E-state index < -0.39 is 0 Å². The molecule has 3 aromatic rings. The minimum absolute atomic E-state index is 0.0238. The van der Waals surface area contributed by atoms with Gasteiger partial charge in [0.1, 0.15) is 17.4 Å². The van der Waals surface area contributed by atoms with Crippen LogP contribution in [0.1, 0.15) is 67.0 Å². The summed E-state index contributed by atoms with van der Waals surface area (Å²) in [5.41, 5.74) is 4.94. The van der Waals surface area contributed by atoms with Crippen LogP contribution in [0.25, 0.3) is 11.4 Å². The predicted octanol–water partition coefficient (Wildman–Crippen LogP) is 8.08. The maximum Gasteiger partial charge on any atom is 0.253 e. The third-order valence-corrected chi connectivity index (χ3v) is 7.55. The third-order valence-electron chi connectivity index (χ3n) is 6.29. The van der Waals surface area contributed by atoms with Crippen LogP contribution in [-0.2, 0) is 13.2 Å². The molecule has 0 bridgehead atoms. The molecule has 5 nitrogen and oxygen atoms in total. The zero-order chi connectivity index (χ0) is 25.7. The van der Waals surface area contributed by atoms with Crippen molar-refractivity contribution in [2.75, 3.05) is 6.54 Å². The van der Waals surface area contributed by atoms with Crippen LogP contribution >= 0.6 is 34.5 Å². The SMILES string of the molecule is Cc1c(C(=O)NCCC2=CCCCC2)cc(-c2csc(COc3cc(Cl)cc(Cl)c3)n2)n1CC(C)C. The molecule has 0 saturated carbocycles. The lowest BCUT2D eigenvalue weighted by Gasteiger charge is -2.14. The highest BCUT2D eigenvalue weighted by Gasteiger charge is 2.21. The van der Waals surface area contributed by atoms with Crippen molar-refractivity contribution in [2.45, 2.75) is 66.0 Å². The van der Waals surface area contributed by atoms with Crippen LogP contribution in [0.2, 0.25) is 10.0 Å². The summed E-state index contributed by atoms with van der Waals surface area (Å²) in [6.45, 7) is 8.17. The summed E-state index contributed by atoms with van der Waals surface area (Å²) < 4.78 is 8.07. The van der Waals surface area contributed by atoms with E-state index in [0.717, 1.165) is 47.9 Å². The molecular formula is C28H33Cl2N3O2S. The molecule has 4 rings (SSSR count). The lowest BCUT2D eigenvalue weighted by atomic mass is 9.97. The Hall–Kier alpha value is -2.28. The number of benzene rings is 1. The maximum absolute atomic E-state index is 13.1. The van der Waals surface area contributed by atoms with Gasteiger partial charge in [-0.3, -0.25) is 4.79 Å². The van der Waals surface area contributed by atoms with Crippen molar-refractivity contribution in [1.29, 1.82) is 0 Å². The zero-order valence-electron chi connectivity index (χ0n) is 21.1. The molecule has 1 aliphatic carbocycles. The standard InChI is InChI=1S/C28H33Cl2N3O2S/c1-18(2)15-33-19(3)24(28(34)31-10-9-20-7-5-4-6-8-20)14-26(33)25-17-36-27(32-25)16-35-23-12-21(29)11-22(30)13-23/h7,11-14,17-18H,4-6,8-10,15-16H2,1-3H3,(H,31,34). The number of carbonyl (C=O) groups is 1. The fraction of sp³-hybridized carbons (Fsp3) is 0.429. The predicted molar refractivity (Wildman–Crippen MR) is 149 cm³/mol. The topological polar surface area (TPSA) is 56.1 Å². The molecule has 0 fully saturated rings. The van der Waals surface area contributed by atoms with E-state index in [9.17, 15) is 4.79 Å². The van der Waals surface area contributed by atoms with Gasteiger partial charge in [-0.25, -0.2) is 4.98 Å². The summed E-state index contributed by atoms with van der Waals surface area (Å²) in [4.78, 5) is 17.9. The second-order valence-corrected chi connectivity index (χ2v) is 11.5. The molecule has 1 aliphatic rings. The summed E-state index contributed by atoms with van der Waals surface area (Å²) in [5.74, 6) is 1.01. The van der Waals surface area contributed by atoms with Gasteiger partial charge in [0, 0.05) is 34.2 Å². The Kier molecular flexibility index (Phi) is 9.15. The Morgan fingerprint density at radius 1 is 1.19 bits per heavy atom. The average Bonchev–Trinajstić information content (AvgIpc) is 3.42. The molecule has 0 aliphatic heterocycles. The fourth-order valence-corrected chi connectivity index (χ4v) is 5.71. The van der Waals surface area contributed by atoms with E-state index in [1.807, 2.05) is 18.4 Å². The van der Waals surface area contributed by atoms with Crippen LogP contribution in [0, 0.1) is 12.8 Å². The first kappa shape index (κ1) is 26.8. The zero-order valence-corrected chi connectivity index (χ0v) is 23.4. The summed E-state index contributed by atoms with van der Waals surface area (Å²) in [6.07, 6.45) is 8.12. The number of hydrogen-bond donors (Lipinski definition) is 1. The van der Waals surface area contributed by atoms with Crippen LogP contribution in [0.15, 0.2) is 41.3 Å². The normalized spacial score (nSPS) is 13.7. The van der Waals surface area contributed by atoms with Gasteiger partial charge in [-0.1, -0.05) is 48.7 Å². The number of halogens is 2. The molecule has 36 heavy (non-hydrogen) atoms. The van der Waals surface area contributed by atoms with Crippen molar-refractivity contribution in [3.8, 4) is 17.1 Å². The lowest BCUT2D eigenvalue weighted by molar-refractivity contribution is 0.0953. The number of carbonyl (C=O) groups excluding carboxylic acids is 1. The van der Waals surface area contributed by atoms with Gasteiger partial charge in [-0.2, -0.15) is 0 Å². The molecule has 0 atom stereocenters. The molecule has 192 valence electrons. The smallest absolute Gasteiger partial charge is 0.253 e. The summed E-state index contributed by atoms with van der Waals surface area (Å²) in [6, 6.07) is 7.11. The van der Waals surface area contributed by atoms with E-state index in [4.69, 9.17) is 32.9 Å². The number of ether oxygens (including phenoxy) is 1. The van der Waals surface area contributed by atoms with Crippen molar-refractivity contribution in [3.05, 3.63) is 67.6 Å². The fourth-order valence-electron chi connectivity index (χ4n) is 4.50. The molecule has 8 heteroatoms. The third kappa shape index (κ3) is 6.93. The minimum atomic E-state index is -0.0238. The van der Waals surface area contributed by atoms with Crippen molar-refractivity contribution in [2.24, 2.45) is 5.92 Å². The lowest BCUT2D eigenvalue weighted by Crippen LogP contribution is -2.25. The number of amides is 1. The minimum Gasteiger partial charge on any atom is -0.486 e. The second-order valence-electron chi connectivity index (χ2n) is 9.67. The monoisotopic (exact) mass is 545 g/mol. The van der Waals surface area contributed by atoms with Crippen LogP contribution in [0.3, 0.4) is 0 Å². The molecule has 0 spiro atoms. The summed E-state index contributed by atoms with van der Waals surface area (Å²) in [5, 5.41) is 7.05. The van der Waals surface area contributed by atoms with Crippen molar-refractivity contribution < 1.29 is 9.53 Å². The number of allylic oxidation sites excluding steroid dienone is 1. The van der Waals surface area contributed by atoms with Crippen molar-refractivity contribution >= 4 is 40.4 Å². The maximum atomic E-state index is 13.1. The Balaban J connectivity index is 1.48. The largest absolute Gasteiger partial charge is 0.486 e. The van der Waals surface area contributed by atoms with Crippen molar-refractivity contribution in [3.63, 3.8) is 0 Å². The van der Waals surface area contributed by atoms with Gasteiger partial charge >= 0.3 is 0 Å². The highest BCUT2D eigenvalue weighted by Crippen LogP contribution is 2.30. The van der Waals surface area contributed by atoms with Crippen LogP contribution < -0.4 is 10.1 Å². The van der Waals surface area contributed by atoms with Crippen molar-refractivity contribution in [1.82, 2.24) is 14.9 Å². The highest BCUT2D eigenvalue weighted by molar-refractivity contribution is 7.09. The quantitative estimate of drug-likeness (QED) is 0.262. The number of nitrogens with zero attached hydrogens (tertiary/aromatic N) is 2. The van der Waals surface area contributed by atoms with Gasteiger partial charge in [0.15, 0.2) is 0 Å². The Morgan fingerprint density at radius 2 is 1.97 bits per heavy atom. The number of thiazole rings is 1. The Morgan fingerprint density at radius 3 is 2.67 bits per heavy atom. The first-order valence-corrected chi connectivity index (χ1v) is 14.1. The number of rotatable bonds is 10. The highest BCUT2D eigenvalue weighted by atomic mass is 35.5. The van der Waals surface area contributed by atoms with E-state index in [1.165, 1.54) is 29.8 Å².